The maximum Gasteiger partial charge on any atom is 0.241 e. The molecule has 1 unspecified atom stereocenters. The van der Waals surface area contributed by atoms with Gasteiger partial charge in [0.2, 0.25) is 5.91 Å². The number of amides is 1. The first-order valence-corrected chi connectivity index (χ1v) is 6.89. The van der Waals surface area contributed by atoms with Gasteiger partial charge in [0.1, 0.15) is 0 Å². The van der Waals surface area contributed by atoms with Gasteiger partial charge in [-0.2, -0.15) is 0 Å². The second-order valence-corrected chi connectivity index (χ2v) is 5.06. The van der Waals surface area contributed by atoms with E-state index in [9.17, 15) is 4.79 Å². The number of carbonyl (C=O) groups is 1. The van der Waals surface area contributed by atoms with Crippen molar-refractivity contribution >= 4 is 23.2 Å². The average molecular weight is 289 g/mol. The molecule has 0 aliphatic heterocycles. The van der Waals surface area contributed by atoms with E-state index in [1.165, 1.54) is 5.56 Å². The second kappa shape index (κ2) is 7.08. The molecule has 0 spiro atoms. The van der Waals surface area contributed by atoms with Crippen LogP contribution in [0.15, 0.2) is 54.6 Å². The van der Waals surface area contributed by atoms with Gasteiger partial charge in [-0.3, -0.25) is 4.79 Å². The summed E-state index contributed by atoms with van der Waals surface area (Å²) in [5, 5.41) is 3.42. The summed E-state index contributed by atoms with van der Waals surface area (Å²) in [6.07, 6.45) is 1.40. The maximum atomic E-state index is 11.9. The monoisotopic (exact) mass is 288 g/mol. The van der Waals surface area contributed by atoms with Crippen molar-refractivity contribution in [1.82, 2.24) is 0 Å². The summed E-state index contributed by atoms with van der Waals surface area (Å²) in [5.41, 5.74) is 7.79. The highest BCUT2D eigenvalue weighted by atomic mass is 35.5. The second-order valence-electron chi connectivity index (χ2n) is 4.63. The standard InChI is InChI=1S/C16H17ClN2O/c17-13-7-9-14(10-8-13)19-16(20)15(18)11-6-12-4-2-1-3-5-12/h1-5,7-10,15H,6,11,18H2,(H,19,20). The summed E-state index contributed by atoms with van der Waals surface area (Å²) in [6.45, 7) is 0. The smallest absolute Gasteiger partial charge is 0.241 e. The molecule has 2 rings (SSSR count). The first-order chi connectivity index (χ1) is 9.65. The quantitative estimate of drug-likeness (QED) is 0.887. The van der Waals surface area contributed by atoms with Crippen molar-refractivity contribution in [3.05, 3.63) is 65.2 Å². The zero-order valence-electron chi connectivity index (χ0n) is 11.1. The van der Waals surface area contributed by atoms with Gasteiger partial charge in [-0.05, 0) is 42.7 Å². The number of benzene rings is 2. The number of nitrogens with two attached hydrogens (primary N) is 1. The molecule has 0 bridgehead atoms. The van der Waals surface area contributed by atoms with Gasteiger partial charge in [0.15, 0.2) is 0 Å². The molecule has 1 atom stereocenters. The van der Waals surface area contributed by atoms with Crippen LogP contribution in [0.3, 0.4) is 0 Å². The van der Waals surface area contributed by atoms with Gasteiger partial charge in [0, 0.05) is 10.7 Å². The van der Waals surface area contributed by atoms with E-state index in [1.54, 1.807) is 24.3 Å². The number of nitrogens with one attached hydrogen (secondary N) is 1. The fourth-order valence-corrected chi connectivity index (χ4v) is 1.99. The normalized spacial score (nSPS) is 11.9. The SMILES string of the molecule is NC(CCc1ccccc1)C(=O)Nc1ccc(Cl)cc1. The summed E-state index contributed by atoms with van der Waals surface area (Å²) in [4.78, 5) is 11.9. The predicted octanol–water partition coefficient (Wildman–Crippen LogP) is 3.24. The van der Waals surface area contributed by atoms with Gasteiger partial charge in [0.05, 0.1) is 6.04 Å². The van der Waals surface area contributed by atoms with Gasteiger partial charge < -0.3 is 11.1 Å². The Morgan fingerprint density at radius 3 is 2.40 bits per heavy atom. The average Bonchev–Trinajstić information content (AvgIpc) is 2.48. The first kappa shape index (κ1) is 14.6. The summed E-state index contributed by atoms with van der Waals surface area (Å²) in [7, 11) is 0. The maximum absolute atomic E-state index is 11.9. The number of hydrogen-bond donors (Lipinski definition) is 2. The third-order valence-corrected chi connectivity index (χ3v) is 3.29. The molecule has 3 N–H and O–H groups in total. The van der Waals surface area contributed by atoms with Crippen LogP contribution in [-0.2, 0) is 11.2 Å². The molecule has 104 valence electrons. The molecular weight excluding hydrogens is 272 g/mol. The minimum absolute atomic E-state index is 0.178. The molecule has 3 nitrogen and oxygen atoms in total. The molecule has 0 aromatic heterocycles. The van der Waals surface area contributed by atoms with Crippen LogP contribution in [0, 0.1) is 0 Å². The fourth-order valence-electron chi connectivity index (χ4n) is 1.87. The molecule has 0 fully saturated rings. The highest BCUT2D eigenvalue weighted by Crippen LogP contribution is 2.14. The lowest BCUT2D eigenvalue weighted by Gasteiger charge is -2.12. The van der Waals surface area contributed by atoms with Crippen molar-refractivity contribution in [3.8, 4) is 0 Å². The highest BCUT2D eigenvalue weighted by molar-refractivity contribution is 6.30. The minimum atomic E-state index is -0.522. The number of aryl methyl sites for hydroxylation is 1. The van der Waals surface area contributed by atoms with Gasteiger partial charge >= 0.3 is 0 Å². The molecule has 2 aromatic rings. The minimum Gasteiger partial charge on any atom is -0.325 e. The van der Waals surface area contributed by atoms with Crippen LogP contribution in [0.1, 0.15) is 12.0 Å². The van der Waals surface area contributed by atoms with Crippen molar-refractivity contribution in [1.29, 1.82) is 0 Å². The Labute approximate surface area is 123 Å². The van der Waals surface area contributed by atoms with Crippen LogP contribution in [0.5, 0.6) is 0 Å². The first-order valence-electron chi connectivity index (χ1n) is 6.51. The van der Waals surface area contributed by atoms with E-state index in [4.69, 9.17) is 17.3 Å². The van der Waals surface area contributed by atoms with Crippen LogP contribution < -0.4 is 11.1 Å². The van der Waals surface area contributed by atoms with Gasteiger partial charge in [-0.1, -0.05) is 41.9 Å². The van der Waals surface area contributed by atoms with E-state index in [1.807, 2.05) is 30.3 Å². The Kier molecular flexibility index (Phi) is 5.16. The van der Waals surface area contributed by atoms with Crippen LogP contribution >= 0.6 is 11.6 Å². The predicted molar refractivity (Wildman–Crippen MR) is 82.8 cm³/mol. The fraction of sp³-hybridized carbons (Fsp3) is 0.188. The molecule has 20 heavy (non-hydrogen) atoms. The summed E-state index contributed by atoms with van der Waals surface area (Å²) < 4.78 is 0. The Hall–Kier alpha value is -1.84. The Balaban J connectivity index is 1.84. The summed E-state index contributed by atoms with van der Waals surface area (Å²) in [5.74, 6) is -0.178. The topological polar surface area (TPSA) is 55.1 Å². The number of halogens is 1. The molecule has 0 radical (unpaired) electrons. The van der Waals surface area contributed by atoms with Crippen molar-refractivity contribution in [2.45, 2.75) is 18.9 Å². The van der Waals surface area contributed by atoms with E-state index in [0.29, 0.717) is 17.1 Å². The van der Waals surface area contributed by atoms with E-state index in [0.717, 1.165) is 6.42 Å². The highest BCUT2D eigenvalue weighted by Gasteiger charge is 2.13. The number of anilines is 1. The summed E-state index contributed by atoms with van der Waals surface area (Å²) in [6, 6.07) is 16.4. The largest absolute Gasteiger partial charge is 0.325 e. The Bertz CT molecular complexity index is 554. The lowest BCUT2D eigenvalue weighted by molar-refractivity contribution is -0.117. The van der Waals surface area contributed by atoms with Crippen LogP contribution in [0.25, 0.3) is 0 Å². The number of rotatable bonds is 5. The molecule has 4 heteroatoms. The molecule has 0 aliphatic carbocycles. The summed E-state index contributed by atoms with van der Waals surface area (Å²) >= 11 is 5.79. The lowest BCUT2D eigenvalue weighted by atomic mass is 10.1. The van der Waals surface area contributed by atoms with Crippen molar-refractivity contribution < 1.29 is 4.79 Å². The number of hydrogen-bond acceptors (Lipinski definition) is 2. The van der Waals surface area contributed by atoms with Crippen LogP contribution in [-0.4, -0.2) is 11.9 Å². The van der Waals surface area contributed by atoms with Crippen molar-refractivity contribution in [2.24, 2.45) is 5.73 Å². The zero-order chi connectivity index (χ0) is 14.4. The van der Waals surface area contributed by atoms with Crippen LogP contribution in [0.2, 0.25) is 5.02 Å². The van der Waals surface area contributed by atoms with E-state index in [2.05, 4.69) is 5.32 Å². The third kappa shape index (κ3) is 4.37. The Morgan fingerprint density at radius 1 is 1.10 bits per heavy atom. The molecule has 0 aliphatic rings. The molecule has 0 heterocycles. The molecule has 1 amide bonds. The molecule has 2 aromatic carbocycles. The van der Waals surface area contributed by atoms with Crippen molar-refractivity contribution in [3.63, 3.8) is 0 Å². The van der Waals surface area contributed by atoms with Gasteiger partial charge in [-0.15, -0.1) is 0 Å². The van der Waals surface area contributed by atoms with Gasteiger partial charge in [0.25, 0.3) is 0 Å². The lowest BCUT2D eigenvalue weighted by Crippen LogP contribution is -2.35. The third-order valence-electron chi connectivity index (χ3n) is 3.04. The molecular formula is C16H17ClN2O. The molecule has 0 saturated heterocycles. The number of carbonyl (C=O) groups excluding carboxylic acids is 1. The van der Waals surface area contributed by atoms with Crippen molar-refractivity contribution in [2.75, 3.05) is 5.32 Å². The van der Waals surface area contributed by atoms with E-state index < -0.39 is 6.04 Å². The zero-order valence-corrected chi connectivity index (χ0v) is 11.8. The Morgan fingerprint density at radius 2 is 1.75 bits per heavy atom. The van der Waals surface area contributed by atoms with E-state index >= 15 is 0 Å². The van der Waals surface area contributed by atoms with Gasteiger partial charge in [-0.25, -0.2) is 0 Å². The molecule has 0 saturated carbocycles. The van der Waals surface area contributed by atoms with Crippen LogP contribution in [0.4, 0.5) is 5.69 Å². The van der Waals surface area contributed by atoms with E-state index in [-0.39, 0.29) is 5.91 Å².